The van der Waals surface area contributed by atoms with E-state index in [1.165, 1.54) is 0 Å². The van der Waals surface area contributed by atoms with E-state index in [4.69, 9.17) is 5.11 Å². The maximum absolute atomic E-state index is 9.15. The molecule has 0 atom stereocenters. The van der Waals surface area contributed by atoms with E-state index in [1.807, 2.05) is 18.2 Å². The number of aliphatic hydroxyl groups is 1. The van der Waals surface area contributed by atoms with Crippen LogP contribution in [0.2, 0.25) is 0 Å². The van der Waals surface area contributed by atoms with E-state index in [1.54, 1.807) is 0 Å². The average molecular weight is 251 g/mol. The Morgan fingerprint density at radius 3 is 2.50 bits per heavy atom. The summed E-state index contributed by atoms with van der Waals surface area (Å²) >= 11 is 0. The number of hydrogen-bond donors (Lipinski definition) is 1. The Kier molecular flexibility index (Phi) is 6.09. The lowest BCUT2D eigenvalue weighted by molar-refractivity contribution is 0.277. The van der Waals surface area contributed by atoms with Gasteiger partial charge in [-0.25, -0.2) is 4.98 Å². The minimum Gasteiger partial charge on any atom is -0.390 e. The molecule has 0 aromatic carbocycles. The number of pyridine rings is 1. The molecule has 0 unspecified atom stereocenters. The third-order valence-corrected chi connectivity index (χ3v) is 2.68. The second-order valence-electron chi connectivity index (χ2n) is 5.29. The Hall–Kier alpha value is -1.13. The zero-order chi connectivity index (χ0) is 13.5. The largest absolute Gasteiger partial charge is 0.390 e. The van der Waals surface area contributed by atoms with Crippen LogP contribution in [0.15, 0.2) is 18.2 Å². The Morgan fingerprint density at radius 1 is 1.22 bits per heavy atom. The molecule has 0 saturated carbocycles. The SMILES string of the molecule is CC(C)CN(CCN(C)C)c1cccc(CO)n1. The third-order valence-electron chi connectivity index (χ3n) is 2.68. The van der Waals surface area contributed by atoms with Crippen molar-refractivity contribution in [3.8, 4) is 0 Å². The van der Waals surface area contributed by atoms with Crippen LogP contribution in [-0.4, -0.2) is 48.7 Å². The topological polar surface area (TPSA) is 39.6 Å². The molecule has 0 saturated heterocycles. The molecule has 1 aromatic rings. The quantitative estimate of drug-likeness (QED) is 0.799. The van der Waals surface area contributed by atoms with Crippen LogP contribution in [0.25, 0.3) is 0 Å². The van der Waals surface area contributed by atoms with Crippen LogP contribution in [0.5, 0.6) is 0 Å². The molecule has 0 aliphatic rings. The second kappa shape index (κ2) is 7.34. The van der Waals surface area contributed by atoms with Gasteiger partial charge in [-0.05, 0) is 32.1 Å². The number of aromatic nitrogens is 1. The van der Waals surface area contributed by atoms with Crippen molar-refractivity contribution in [3.63, 3.8) is 0 Å². The molecule has 0 aliphatic carbocycles. The minimum absolute atomic E-state index is 0.00294. The van der Waals surface area contributed by atoms with Gasteiger partial charge in [0.05, 0.1) is 12.3 Å². The summed E-state index contributed by atoms with van der Waals surface area (Å²) < 4.78 is 0. The molecule has 1 N–H and O–H groups in total. The maximum atomic E-state index is 9.15. The summed E-state index contributed by atoms with van der Waals surface area (Å²) in [5.74, 6) is 1.55. The highest BCUT2D eigenvalue weighted by Crippen LogP contribution is 2.13. The number of rotatable bonds is 7. The van der Waals surface area contributed by atoms with Crippen molar-refractivity contribution in [2.24, 2.45) is 5.92 Å². The van der Waals surface area contributed by atoms with Gasteiger partial charge in [-0.1, -0.05) is 19.9 Å². The molecule has 0 spiro atoms. The van der Waals surface area contributed by atoms with Gasteiger partial charge < -0.3 is 14.9 Å². The Bertz CT molecular complexity index is 353. The molecule has 0 aliphatic heterocycles. The van der Waals surface area contributed by atoms with Gasteiger partial charge in [0.1, 0.15) is 5.82 Å². The summed E-state index contributed by atoms with van der Waals surface area (Å²) in [7, 11) is 4.15. The summed E-state index contributed by atoms with van der Waals surface area (Å²) in [4.78, 5) is 8.93. The molecule has 4 nitrogen and oxygen atoms in total. The fourth-order valence-electron chi connectivity index (χ4n) is 1.79. The Labute approximate surface area is 110 Å². The van der Waals surface area contributed by atoms with Gasteiger partial charge in [-0.3, -0.25) is 0 Å². The van der Waals surface area contributed by atoms with E-state index in [2.05, 4.69) is 42.7 Å². The van der Waals surface area contributed by atoms with E-state index in [9.17, 15) is 0 Å². The number of hydrogen-bond acceptors (Lipinski definition) is 4. The fourth-order valence-corrected chi connectivity index (χ4v) is 1.79. The van der Waals surface area contributed by atoms with Crippen LogP contribution < -0.4 is 4.90 Å². The molecule has 0 radical (unpaired) electrons. The zero-order valence-corrected chi connectivity index (χ0v) is 11.9. The lowest BCUT2D eigenvalue weighted by Crippen LogP contribution is -2.35. The summed E-state index contributed by atoms with van der Waals surface area (Å²) in [5.41, 5.74) is 0.728. The van der Waals surface area contributed by atoms with E-state index < -0.39 is 0 Å². The van der Waals surface area contributed by atoms with Crippen molar-refractivity contribution in [2.45, 2.75) is 20.5 Å². The van der Waals surface area contributed by atoms with Crippen molar-refractivity contribution in [3.05, 3.63) is 23.9 Å². The first kappa shape index (κ1) is 14.9. The van der Waals surface area contributed by atoms with E-state index in [0.717, 1.165) is 31.1 Å². The Morgan fingerprint density at radius 2 is 1.94 bits per heavy atom. The second-order valence-corrected chi connectivity index (χ2v) is 5.29. The molecule has 0 amide bonds. The van der Waals surface area contributed by atoms with Gasteiger partial charge in [0, 0.05) is 19.6 Å². The molecule has 1 rings (SSSR count). The molecule has 102 valence electrons. The first-order valence-corrected chi connectivity index (χ1v) is 6.49. The molecule has 1 aromatic heterocycles. The predicted molar refractivity (Wildman–Crippen MR) is 75.8 cm³/mol. The van der Waals surface area contributed by atoms with Gasteiger partial charge in [-0.2, -0.15) is 0 Å². The normalized spacial score (nSPS) is 11.3. The molecule has 1 heterocycles. The average Bonchev–Trinajstić information content (AvgIpc) is 2.34. The number of likely N-dealkylation sites (N-methyl/N-ethyl adjacent to an activating group) is 1. The Balaban J connectivity index is 2.79. The summed E-state index contributed by atoms with van der Waals surface area (Å²) in [6.45, 7) is 7.34. The van der Waals surface area contributed by atoms with Crippen LogP contribution >= 0.6 is 0 Å². The van der Waals surface area contributed by atoms with Crippen LogP contribution in [-0.2, 0) is 6.61 Å². The molecular formula is C14H25N3O. The third kappa shape index (κ3) is 5.02. The molecular weight excluding hydrogens is 226 g/mol. The number of anilines is 1. The highest BCUT2D eigenvalue weighted by atomic mass is 16.3. The highest BCUT2D eigenvalue weighted by Gasteiger charge is 2.10. The van der Waals surface area contributed by atoms with Crippen molar-refractivity contribution >= 4 is 5.82 Å². The van der Waals surface area contributed by atoms with Crippen molar-refractivity contribution < 1.29 is 5.11 Å². The van der Waals surface area contributed by atoms with Gasteiger partial charge in [0.15, 0.2) is 0 Å². The number of aliphatic hydroxyl groups excluding tert-OH is 1. The lowest BCUT2D eigenvalue weighted by Gasteiger charge is -2.27. The monoisotopic (exact) mass is 251 g/mol. The summed E-state index contributed by atoms with van der Waals surface area (Å²) in [6.07, 6.45) is 0. The van der Waals surface area contributed by atoms with Crippen LogP contribution in [0, 0.1) is 5.92 Å². The van der Waals surface area contributed by atoms with Gasteiger partial charge >= 0.3 is 0 Å². The summed E-state index contributed by atoms with van der Waals surface area (Å²) in [5, 5.41) is 9.15. The molecule has 4 heteroatoms. The van der Waals surface area contributed by atoms with Gasteiger partial charge in [-0.15, -0.1) is 0 Å². The molecule has 0 fully saturated rings. The van der Waals surface area contributed by atoms with E-state index >= 15 is 0 Å². The highest BCUT2D eigenvalue weighted by molar-refractivity contribution is 5.39. The van der Waals surface area contributed by atoms with E-state index in [0.29, 0.717) is 5.92 Å². The standard InChI is InChI=1S/C14H25N3O/c1-12(2)10-17(9-8-16(3)4)14-7-5-6-13(11-18)15-14/h5-7,12,18H,8-11H2,1-4H3. The minimum atomic E-state index is -0.00294. The number of nitrogens with zero attached hydrogens (tertiary/aromatic N) is 3. The van der Waals surface area contributed by atoms with Crippen LogP contribution in [0.3, 0.4) is 0 Å². The fraction of sp³-hybridized carbons (Fsp3) is 0.643. The van der Waals surface area contributed by atoms with Crippen molar-refractivity contribution in [1.82, 2.24) is 9.88 Å². The molecule has 18 heavy (non-hydrogen) atoms. The zero-order valence-electron chi connectivity index (χ0n) is 11.9. The van der Waals surface area contributed by atoms with E-state index in [-0.39, 0.29) is 6.61 Å². The predicted octanol–water partition coefficient (Wildman–Crippen LogP) is 1.60. The van der Waals surface area contributed by atoms with Crippen LogP contribution in [0.1, 0.15) is 19.5 Å². The maximum Gasteiger partial charge on any atom is 0.128 e. The lowest BCUT2D eigenvalue weighted by atomic mass is 10.2. The first-order valence-electron chi connectivity index (χ1n) is 6.49. The van der Waals surface area contributed by atoms with Gasteiger partial charge in [0.2, 0.25) is 0 Å². The van der Waals surface area contributed by atoms with Crippen LogP contribution in [0.4, 0.5) is 5.82 Å². The summed E-state index contributed by atoms with van der Waals surface area (Å²) in [6, 6.07) is 5.82. The molecule has 0 bridgehead atoms. The van der Waals surface area contributed by atoms with Crippen molar-refractivity contribution in [1.29, 1.82) is 0 Å². The smallest absolute Gasteiger partial charge is 0.128 e. The van der Waals surface area contributed by atoms with Gasteiger partial charge in [0.25, 0.3) is 0 Å². The first-order chi connectivity index (χ1) is 8.52. The van der Waals surface area contributed by atoms with Crippen molar-refractivity contribution in [2.75, 3.05) is 38.6 Å².